The molecule has 0 aromatic carbocycles. The van der Waals surface area contributed by atoms with Gasteiger partial charge >= 0.3 is 6.09 Å². The zero-order valence-corrected chi connectivity index (χ0v) is 6.41. The topological polar surface area (TPSA) is 57.6 Å². The highest BCUT2D eigenvalue weighted by Gasteiger charge is 2.31. The van der Waals surface area contributed by atoms with Crippen LogP contribution in [0, 0.1) is 0 Å². The first-order valence-corrected chi connectivity index (χ1v) is 3.63. The molecule has 4 heteroatoms. The maximum Gasteiger partial charge on any atom is 0.407 e. The summed E-state index contributed by atoms with van der Waals surface area (Å²) >= 11 is 0. The molecule has 0 spiro atoms. The number of Topliss-reactive ketones (excluding diaryl/α,β-unsaturated/α-hetero) is 1. The molecule has 0 aromatic rings. The second kappa shape index (κ2) is 2.90. The fraction of sp³-hybridized carbons (Fsp3) is 0.714. The summed E-state index contributed by atoms with van der Waals surface area (Å²) in [4.78, 5) is 22.6. The van der Waals surface area contributed by atoms with E-state index in [-0.39, 0.29) is 11.8 Å². The molecule has 0 unspecified atom stereocenters. The molecule has 1 saturated heterocycles. The zero-order valence-electron chi connectivity index (χ0n) is 6.41. The van der Waals surface area contributed by atoms with Crippen molar-refractivity contribution in [1.82, 2.24) is 4.90 Å². The molecule has 0 bridgehead atoms. The van der Waals surface area contributed by atoms with Crippen LogP contribution in [0.25, 0.3) is 0 Å². The monoisotopic (exact) mass is 157 g/mol. The summed E-state index contributed by atoms with van der Waals surface area (Å²) in [7, 11) is 0. The lowest BCUT2D eigenvalue weighted by molar-refractivity contribution is -0.120. The highest BCUT2D eigenvalue weighted by atomic mass is 16.4. The van der Waals surface area contributed by atoms with Gasteiger partial charge in [-0.1, -0.05) is 0 Å². The quantitative estimate of drug-likeness (QED) is 0.610. The SMILES string of the molecule is CC(=O)[C@H]1CCCN1C(=O)O. The molecular formula is C7H11NO3. The number of rotatable bonds is 1. The van der Waals surface area contributed by atoms with Crippen molar-refractivity contribution in [2.75, 3.05) is 6.54 Å². The maximum atomic E-state index is 10.9. The van der Waals surface area contributed by atoms with Crippen LogP contribution in [0.15, 0.2) is 0 Å². The molecule has 0 radical (unpaired) electrons. The predicted octanol–water partition coefficient (Wildman–Crippen LogP) is 0.718. The first-order valence-electron chi connectivity index (χ1n) is 3.63. The molecule has 1 rings (SSSR count). The maximum absolute atomic E-state index is 10.9. The lowest BCUT2D eigenvalue weighted by Crippen LogP contribution is -2.38. The van der Waals surface area contributed by atoms with Crippen LogP contribution in [0.1, 0.15) is 19.8 Å². The van der Waals surface area contributed by atoms with Gasteiger partial charge in [0, 0.05) is 6.54 Å². The van der Waals surface area contributed by atoms with E-state index in [1.165, 1.54) is 11.8 Å². The molecule has 1 aliphatic heterocycles. The fourth-order valence-corrected chi connectivity index (χ4v) is 1.42. The summed E-state index contributed by atoms with van der Waals surface area (Å²) in [5.74, 6) is -0.0510. The minimum Gasteiger partial charge on any atom is -0.465 e. The smallest absolute Gasteiger partial charge is 0.407 e. The van der Waals surface area contributed by atoms with Crippen molar-refractivity contribution >= 4 is 11.9 Å². The van der Waals surface area contributed by atoms with Gasteiger partial charge in [0.15, 0.2) is 5.78 Å². The van der Waals surface area contributed by atoms with Crippen LogP contribution in [0.3, 0.4) is 0 Å². The fourth-order valence-electron chi connectivity index (χ4n) is 1.42. The summed E-state index contributed by atoms with van der Waals surface area (Å²) in [5.41, 5.74) is 0. The molecule has 0 aromatic heterocycles. The van der Waals surface area contributed by atoms with Crippen LogP contribution in [0.4, 0.5) is 4.79 Å². The molecule has 62 valence electrons. The van der Waals surface area contributed by atoms with Crippen LogP contribution in [0.5, 0.6) is 0 Å². The van der Waals surface area contributed by atoms with Gasteiger partial charge in [-0.05, 0) is 19.8 Å². The molecule has 0 saturated carbocycles. The van der Waals surface area contributed by atoms with Gasteiger partial charge in [-0.25, -0.2) is 4.79 Å². The lowest BCUT2D eigenvalue weighted by atomic mass is 10.1. The molecule has 1 fully saturated rings. The van der Waals surface area contributed by atoms with Gasteiger partial charge in [0.2, 0.25) is 0 Å². The minimum absolute atomic E-state index is 0.0510. The van der Waals surface area contributed by atoms with E-state index in [2.05, 4.69) is 0 Å². The number of carboxylic acid groups (broad SMARTS) is 1. The van der Waals surface area contributed by atoms with Gasteiger partial charge in [0.1, 0.15) is 0 Å². The van der Waals surface area contributed by atoms with E-state index in [4.69, 9.17) is 5.11 Å². The van der Waals surface area contributed by atoms with E-state index in [9.17, 15) is 9.59 Å². The highest BCUT2D eigenvalue weighted by Crippen LogP contribution is 2.17. The Morgan fingerprint density at radius 1 is 1.55 bits per heavy atom. The molecule has 1 heterocycles. The second-order valence-corrected chi connectivity index (χ2v) is 2.74. The third kappa shape index (κ3) is 1.50. The van der Waals surface area contributed by atoms with E-state index < -0.39 is 6.09 Å². The average Bonchev–Trinajstić information content (AvgIpc) is 2.32. The van der Waals surface area contributed by atoms with Gasteiger partial charge in [-0.2, -0.15) is 0 Å². The Hall–Kier alpha value is -1.06. The average molecular weight is 157 g/mol. The minimum atomic E-state index is -0.984. The van der Waals surface area contributed by atoms with Crippen LogP contribution in [0.2, 0.25) is 0 Å². The van der Waals surface area contributed by atoms with Crippen LogP contribution < -0.4 is 0 Å². The number of ketones is 1. The van der Waals surface area contributed by atoms with Crippen molar-refractivity contribution in [2.45, 2.75) is 25.8 Å². The van der Waals surface area contributed by atoms with E-state index in [1.807, 2.05) is 0 Å². The zero-order chi connectivity index (χ0) is 8.43. The Morgan fingerprint density at radius 2 is 2.18 bits per heavy atom. The number of hydrogen-bond acceptors (Lipinski definition) is 2. The van der Waals surface area contributed by atoms with E-state index in [1.54, 1.807) is 0 Å². The Morgan fingerprint density at radius 3 is 2.55 bits per heavy atom. The Kier molecular flexibility index (Phi) is 2.12. The lowest BCUT2D eigenvalue weighted by Gasteiger charge is -2.18. The van der Waals surface area contributed by atoms with E-state index in [0.717, 1.165) is 6.42 Å². The van der Waals surface area contributed by atoms with Crippen molar-refractivity contribution in [1.29, 1.82) is 0 Å². The summed E-state index contributed by atoms with van der Waals surface area (Å²) in [6.07, 6.45) is 0.501. The number of amides is 1. The number of carbonyl (C=O) groups is 2. The molecule has 4 nitrogen and oxygen atoms in total. The molecule has 11 heavy (non-hydrogen) atoms. The third-order valence-electron chi connectivity index (χ3n) is 1.97. The number of hydrogen-bond donors (Lipinski definition) is 1. The Bertz CT molecular complexity index is 170. The molecular weight excluding hydrogens is 146 g/mol. The van der Waals surface area contributed by atoms with Crippen LogP contribution in [-0.2, 0) is 4.79 Å². The number of nitrogens with zero attached hydrogens (tertiary/aromatic N) is 1. The molecule has 1 N–H and O–H groups in total. The van der Waals surface area contributed by atoms with Crippen LogP contribution in [-0.4, -0.2) is 34.5 Å². The normalized spacial score (nSPS) is 23.7. The largest absolute Gasteiger partial charge is 0.465 e. The predicted molar refractivity (Wildman–Crippen MR) is 38.4 cm³/mol. The van der Waals surface area contributed by atoms with Crippen molar-refractivity contribution in [3.8, 4) is 0 Å². The summed E-state index contributed by atoms with van der Waals surface area (Å²) in [5, 5.41) is 8.61. The number of likely N-dealkylation sites (tertiary alicyclic amines) is 1. The van der Waals surface area contributed by atoms with Crippen molar-refractivity contribution in [3.63, 3.8) is 0 Å². The van der Waals surface area contributed by atoms with Gasteiger partial charge in [-0.3, -0.25) is 9.69 Å². The summed E-state index contributed by atoms with van der Waals surface area (Å²) < 4.78 is 0. The Balaban J connectivity index is 2.65. The van der Waals surface area contributed by atoms with Crippen molar-refractivity contribution in [2.24, 2.45) is 0 Å². The standard InChI is InChI=1S/C7H11NO3/c1-5(9)6-3-2-4-8(6)7(10)11/h6H,2-4H2,1H3,(H,10,11)/t6-/m1/s1. The van der Waals surface area contributed by atoms with E-state index >= 15 is 0 Å². The molecule has 1 aliphatic rings. The molecule has 0 aliphatic carbocycles. The number of carbonyl (C=O) groups excluding carboxylic acids is 1. The van der Waals surface area contributed by atoms with Crippen molar-refractivity contribution < 1.29 is 14.7 Å². The molecule has 1 atom stereocenters. The van der Waals surface area contributed by atoms with Gasteiger partial charge in [0.25, 0.3) is 0 Å². The van der Waals surface area contributed by atoms with Crippen LogP contribution >= 0.6 is 0 Å². The molecule has 1 amide bonds. The van der Waals surface area contributed by atoms with Gasteiger partial charge in [0.05, 0.1) is 6.04 Å². The third-order valence-corrected chi connectivity index (χ3v) is 1.97. The second-order valence-electron chi connectivity index (χ2n) is 2.74. The first-order chi connectivity index (χ1) is 5.13. The highest BCUT2D eigenvalue weighted by molar-refractivity contribution is 5.85. The first kappa shape index (κ1) is 8.04. The summed E-state index contributed by atoms with van der Waals surface area (Å²) in [6, 6.07) is -0.382. The summed E-state index contributed by atoms with van der Waals surface area (Å²) in [6.45, 7) is 1.94. The Labute approximate surface area is 64.8 Å². The van der Waals surface area contributed by atoms with E-state index in [0.29, 0.717) is 13.0 Å². The van der Waals surface area contributed by atoms with Gasteiger partial charge < -0.3 is 5.11 Å². The van der Waals surface area contributed by atoms with Gasteiger partial charge in [-0.15, -0.1) is 0 Å². The van der Waals surface area contributed by atoms with Crippen molar-refractivity contribution in [3.05, 3.63) is 0 Å².